The Morgan fingerprint density at radius 1 is 1.10 bits per heavy atom. The van der Waals surface area contributed by atoms with Gasteiger partial charge in [0.05, 0.1) is 29.0 Å². The second-order valence-corrected chi connectivity index (χ2v) is 13.2. The van der Waals surface area contributed by atoms with Gasteiger partial charge in [0, 0.05) is 18.0 Å². The molecule has 2 aromatic heterocycles. The molecule has 1 N–H and O–H groups in total. The number of esters is 1. The third kappa shape index (κ3) is 7.22. The third-order valence-electron chi connectivity index (χ3n) is 6.13. The van der Waals surface area contributed by atoms with Crippen molar-refractivity contribution in [2.45, 2.75) is 46.1 Å². The Bertz CT molecular complexity index is 1610. The van der Waals surface area contributed by atoms with Crippen molar-refractivity contribution in [3.8, 4) is 0 Å². The van der Waals surface area contributed by atoms with Crippen molar-refractivity contribution in [3.63, 3.8) is 0 Å². The number of sulfone groups is 1. The number of anilines is 1. The highest BCUT2D eigenvalue weighted by Crippen LogP contribution is 2.38. The molecule has 2 amide bonds. The van der Waals surface area contributed by atoms with E-state index in [4.69, 9.17) is 9.47 Å². The molecule has 1 aliphatic carbocycles. The number of carbonyl (C=O) groups is 3. The maximum absolute atomic E-state index is 13.8. The summed E-state index contributed by atoms with van der Waals surface area (Å²) in [5, 5.41) is 2.81. The lowest BCUT2D eigenvalue weighted by Gasteiger charge is -2.12. The lowest BCUT2D eigenvalue weighted by molar-refractivity contribution is -0.115. The molecule has 4 rings (SSSR count). The van der Waals surface area contributed by atoms with E-state index < -0.39 is 44.9 Å². The van der Waals surface area contributed by atoms with E-state index in [0.717, 1.165) is 41.0 Å². The van der Waals surface area contributed by atoms with E-state index in [9.17, 15) is 27.2 Å². The first-order valence-electron chi connectivity index (χ1n) is 12.9. The highest BCUT2D eigenvalue weighted by atomic mass is 32.2. The second kappa shape index (κ2) is 13.1. The zero-order valence-corrected chi connectivity index (χ0v) is 24.6. The lowest BCUT2D eigenvalue weighted by Crippen LogP contribution is -2.28. The number of fused-ring (bicyclic) bond motifs is 2. The van der Waals surface area contributed by atoms with E-state index in [-0.39, 0.29) is 22.0 Å². The Hall–Kier alpha value is -2.94. The highest BCUT2D eigenvalue weighted by molar-refractivity contribution is 7.92. The Labute approximate surface area is 238 Å². The van der Waals surface area contributed by atoms with Crippen molar-refractivity contribution in [3.05, 3.63) is 44.8 Å². The molecule has 0 saturated carbocycles. The van der Waals surface area contributed by atoms with Gasteiger partial charge in [-0.3, -0.25) is 9.59 Å². The van der Waals surface area contributed by atoms with Crippen LogP contribution in [-0.2, 0) is 48.3 Å². The van der Waals surface area contributed by atoms with Crippen LogP contribution in [0.1, 0.15) is 47.5 Å². The summed E-state index contributed by atoms with van der Waals surface area (Å²) in [6, 6.07) is 4.16. The van der Waals surface area contributed by atoms with E-state index in [0.29, 0.717) is 36.4 Å². The normalized spacial score (nSPS) is 13.8. The largest absolute Gasteiger partial charge is 0.462 e. The Kier molecular flexibility index (Phi) is 9.87. The first-order valence-corrected chi connectivity index (χ1v) is 16.3. The Morgan fingerprint density at radius 2 is 1.88 bits per heavy atom. The van der Waals surface area contributed by atoms with Crippen LogP contribution in [0.3, 0.4) is 0 Å². The van der Waals surface area contributed by atoms with Crippen LogP contribution in [0, 0.1) is 5.82 Å². The van der Waals surface area contributed by atoms with Gasteiger partial charge in [0.15, 0.2) is 14.6 Å². The van der Waals surface area contributed by atoms with Gasteiger partial charge in [-0.05, 0) is 63.3 Å². The zero-order valence-electron chi connectivity index (χ0n) is 22.2. The van der Waals surface area contributed by atoms with E-state index in [1.807, 2.05) is 6.92 Å². The van der Waals surface area contributed by atoms with Gasteiger partial charge in [0.25, 0.3) is 5.91 Å². The van der Waals surface area contributed by atoms with E-state index >= 15 is 0 Å². The molecule has 0 aliphatic heterocycles. The van der Waals surface area contributed by atoms with Crippen LogP contribution in [0.2, 0.25) is 0 Å². The number of hydrogen-bond acceptors (Lipinski definition) is 9. The predicted octanol–water partition coefficient (Wildman–Crippen LogP) is 3.48. The molecule has 14 heteroatoms. The molecule has 1 aliphatic rings. The van der Waals surface area contributed by atoms with Crippen molar-refractivity contribution >= 4 is 65.5 Å². The summed E-state index contributed by atoms with van der Waals surface area (Å²) in [5.74, 6) is -4.77. The van der Waals surface area contributed by atoms with Crippen LogP contribution in [-0.4, -0.2) is 62.1 Å². The minimum absolute atomic E-state index is 0.164. The average molecular weight is 612 g/mol. The fraction of sp³-hybridized carbons (Fsp3) is 0.462. The fourth-order valence-electron chi connectivity index (χ4n) is 4.46. The van der Waals surface area contributed by atoms with Crippen LogP contribution >= 0.6 is 22.7 Å². The van der Waals surface area contributed by atoms with Gasteiger partial charge in [0.2, 0.25) is 5.91 Å². The van der Waals surface area contributed by atoms with Crippen LogP contribution in [0.25, 0.3) is 10.2 Å². The number of halogens is 1. The van der Waals surface area contributed by atoms with E-state index in [2.05, 4.69) is 10.3 Å². The molecule has 0 saturated heterocycles. The quantitative estimate of drug-likeness (QED) is 0.259. The molecule has 216 valence electrons. The summed E-state index contributed by atoms with van der Waals surface area (Å²) in [7, 11) is -4.19. The standard InChI is InChI=1S/C26H30FN3O7S3/c1-3-36-12-11-30-18-10-9-16(27)13-20(18)39-26(30)29-22(32)15-40(34,35)14-21(31)28-24-23(25(33)37-4-2)17-7-5-6-8-19(17)38-24/h9-10,13H,3-8,11-12,14-15H2,1-2H3,(H,28,31). The minimum Gasteiger partial charge on any atom is -0.462 e. The minimum atomic E-state index is -4.19. The van der Waals surface area contributed by atoms with Crippen LogP contribution in [0.4, 0.5) is 9.39 Å². The maximum Gasteiger partial charge on any atom is 0.341 e. The number of benzene rings is 1. The number of hydrogen-bond donors (Lipinski definition) is 1. The van der Waals surface area contributed by atoms with Gasteiger partial charge in [-0.25, -0.2) is 17.6 Å². The molecule has 3 aromatic rings. The summed E-state index contributed by atoms with van der Waals surface area (Å²) >= 11 is 2.30. The number of ether oxygens (including phenoxy) is 2. The van der Waals surface area contributed by atoms with Crippen LogP contribution < -0.4 is 10.1 Å². The second-order valence-electron chi connectivity index (χ2n) is 9.07. The average Bonchev–Trinajstić information content (AvgIpc) is 3.40. The smallest absolute Gasteiger partial charge is 0.341 e. The number of rotatable bonds is 11. The van der Waals surface area contributed by atoms with Crippen molar-refractivity contribution in [2.24, 2.45) is 4.99 Å². The molecule has 40 heavy (non-hydrogen) atoms. The summed E-state index contributed by atoms with van der Waals surface area (Å²) in [6.07, 6.45) is 3.32. The zero-order chi connectivity index (χ0) is 28.9. The fourth-order valence-corrected chi connectivity index (χ4v) is 7.87. The summed E-state index contributed by atoms with van der Waals surface area (Å²) < 4.78 is 52.0. The third-order valence-corrected chi connectivity index (χ3v) is 9.76. The Balaban J connectivity index is 1.50. The number of thiophene rings is 1. The SMILES string of the molecule is CCOCCn1c(=NC(=O)CS(=O)(=O)CC(=O)Nc2sc3c(c2C(=O)OCC)CCCC3)sc2cc(F)ccc21. The van der Waals surface area contributed by atoms with Gasteiger partial charge in [-0.1, -0.05) is 11.3 Å². The molecule has 0 unspecified atom stereocenters. The summed E-state index contributed by atoms with van der Waals surface area (Å²) in [4.78, 5) is 43.2. The first kappa shape index (κ1) is 30.0. The first-order chi connectivity index (χ1) is 19.1. The number of nitrogens with zero attached hydrogens (tertiary/aromatic N) is 2. The van der Waals surface area contributed by atoms with Gasteiger partial charge in [-0.2, -0.15) is 4.99 Å². The molecule has 10 nitrogen and oxygen atoms in total. The molecule has 0 radical (unpaired) electrons. The maximum atomic E-state index is 13.8. The van der Waals surface area contributed by atoms with Crippen molar-refractivity contribution < 1.29 is 36.7 Å². The van der Waals surface area contributed by atoms with E-state index in [1.54, 1.807) is 17.6 Å². The molecule has 0 bridgehead atoms. The number of aromatic nitrogens is 1. The number of nitrogens with one attached hydrogen (secondary N) is 1. The van der Waals surface area contributed by atoms with Crippen molar-refractivity contribution in [2.75, 3.05) is 36.6 Å². The van der Waals surface area contributed by atoms with E-state index in [1.165, 1.54) is 23.5 Å². The molecule has 0 fully saturated rings. The van der Waals surface area contributed by atoms with Gasteiger partial charge >= 0.3 is 5.97 Å². The Morgan fingerprint density at radius 3 is 2.62 bits per heavy atom. The molecular weight excluding hydrogens is 581 g/mol. The summed E-state index contributed by atoms with van der Waals surface area (Å²) in [5.41, 5.74) is 1.75. The van der Waals surface area contributed by atoms with Crippen LogP contribution in [0.5, 0.6) is 0 Å². The number of thiazole rings is 1. The monoisotopic (exact) mass is 611 g/mol. The molecule has 0 atom stereocenters. The molecular formula is C26H30FN3O7S3. The summed E-state index contributed by atoms with van der Waals surface area (Å²) in [6.45, 7) is 4.82. The van der Waals surface area contributed by atoms with Gasteiger partial charge < -0.3 is 19.4 Å². The molecule has 2 heterocycles. The van der Waals surface area contributed by atoms with Gasteiger partial charge in [-0.15, -0.1) is 11.3 Å². The number of amides is 2. The molecule has 0 spiro atoms. The van der Waals surface area contributed by atoms with Crippen molar-refractivity contribution in [1.82, 2.24) is 4.57 Å². The highest BCUT2D eigenvalue weighted by Gasteiger charge is 2.29. The topological polar surface area (TPSA) is 133 Å². The van der Waals surface area contributed by atoms with Crippen LogP contribution in [0.15, 0.2) is 23.2 Å². The van der Waals surface area contributed by atoms with Gasteiger partial charge in [0.1, 0.15) is 22.3 Å². The van der Waals surface area contributed by atoms with Crippen molar-refractivity contribution in [1.29, 1.82) is 0 Å². The predicted molar refractivity (Wildman–Crippen MR) is 151 cm³/mol. The number of aryl methyl sites for hydroxylation is 1. The molecule has 1 aromatic carbocycles. The lowest BCUT2D eigenvalue weighted by atomic mass is 9.95. The number of carbonyl (C=O) groups excluding carboxylic acids is 3.